The first-order valence-electron chi connectivity index (χ1n) is 9.26. The topological polar surface area (TPSA) is 44.8 Å². The van der Waals surface area contributed by atoms with Gasteiger partial charge in [-0.1, -0.05) is 32.4 Å². The summed E-state index contributed by atoms with van der Waals surface area (Å²) in [5.41, 5.74) is 0.375. The van der Waals surface area contributed by atoms with Gasteiger partial charge in [0, 0.05) is 11.1 Å². The lowest BCUT2D eigenvalue weighted by molar-refractivity contribution is 0.0568. The largest absolute Gasteiger partial charge is 0.490 e. The van der Waals surface area contributed by atoms with Crippen LogP contribution < -0.4 is 4.74 Å². The average Bonchev–Trinajstić information content (AvgIpc) is 2.56. The van der Waals surface area contributed by atoms with Crippen LogP contribution in [0.2, 0.25) is 23.2 Å². The number of halogens is 1. The van der Waals surface area contributed by atoms with Gasteiger partial charge in [0.25, 0.3) is 0 Å². The number of rotatable bonds is 5. The molecule has 0 atom stereocenters. The van der Waals surface area contributed by atoms with Gasteiger partial charge in [0.05, 0.1) is 13.2 Å². The van der Waals surface area contributed by atoms with E-state index in [0.717, 1.165) is 25.7 Å². The lowest BCUT2D eigenvalue weighted by Gasteiger charge is -2.41. The van der Waals surface area contributed by atoms with Crippen molar-refractivity contribution >= 4 is 25.9 Å². The first kappa shape index (κ1) is 21.3. The first-order chi connectivity index (χ1) is 12.0. The van der Waals surface area contributed by atoms with Crippen LogP contribution in [-0.4, -0.2) is 33.6 Å². The molecule has 0 bridgehead atoms. The number of esters is 1. The lowest BCUT2D eigenvalue weighted by Crippen LogP contribution is -2.45. The van der Waals surface area contributed by atoms with Crippen molar-refractivity contribution in [3.05, 3.63) is 28.8 Å². The van der Waals surface area contributed by atoms with Crippen LogP contribution in [0.1, 0.15) is 56.8 Å². The van der Waals surface area contributed by atoms with Crippen molar-refractivity contribution in [2.75, 3.05) is 7.11 Å². The second-order valence-electron chi connectivity index (χ2n) is 8.53. The number of carbonyl (C=O) groups excluding carboxylic acids is 1. The highest BCUT2D eigenvalue weighted by atomic mass is 35.5. The lowest BCUT2D eigenvalue weighted by atomic mass is 9.95. The smallest absolute Gasteiger partial charge is 0.341 e. The highest BCUT2D eigenvalue weighted by molar-refractivity contribution is 6.74. The minimum absolute atomic E-state index is 0.0823. The molecule has 0 aromatic heterocycles. The predicted octanol–water partition coefficient (Wildman–Crippen LogP) is 5.84. The van der Waals surface area contributed by atoms with Gasteiger partial charge in [0.2, 0.25) is 0 Å². The van der Waals surface area contributed by atoms with E-state index in [1.165, 1.54) is 7.11 Å². The highest BCUT2D eigenvalue weighted by Gasteiger charge is 2.40. The van der Waals surface area contributed by atoms with Crippen LogP contribution in [0.4, 0.5) is 0 Å². The molecule has 0 unspecified atom stereocenters. The number of carbonyl (C=O) groups is 1. The molecule has 1 fully saturated rings. The summed E-state index contributed by atoms with van der Waals surface area (Å²) in [6.45, 7) is 11.4. The van der Waals surface area contributed by atoms with Crippen LogP contribution in [0.3, 0.4) is 0 Å². The maximum atomic E-state index is 12.0. The Bertz CT molecular complexity index is 631. The molecule has 0 spiro atoms. The predicted molar refractivity (Wildman–Crippen MR) is 108 cm³/mol. The van der Waals surface area contributed by atoms with Gasteiger partial charge < -0.3 is 13.9 Å². The standard InChI is InChI=1S/C20H31ClO4Si/c1-20(2,3)26(5,6)25-16-10-8-15(9-11-16)24-18-12-7-14(21)13-17(18)19(22)23-4/h7,12-13,15-16H,8-11H2,1-6H3/t15-,16-. The zero-order valence-electron chi connectivity index (χ0n) is 16.7. The third-order valence-corrected chi connectivity index (χ3v) is 10.3. The van der Waals surface area contributed by atoms with E-state index in [4.69, 9.17) is 25.5 Å². The number of benzene rings is 1. The van der Waals surface area contributed by atoms with Crippen molar-refractivity contribution in [3.63, 3.8) is 0 Å². The fourth-order valence-electron chi connectivity index (χ4n) is 2.92. The van der Waals surface area contributed by atoms with Crippen LogP contribution >= 0.6 is 11.6 Å². The fraction of sp³-hybridized carbons (Fsp3) is 0.650. The quantitative estimate of drug-likeness (QED) is 0.461. The summed E-state index contributed by atoms with van der Waals surface area (Å²) in [6.07, 6.45) is 4.20. The molecular weight excluding hydrogens is 368 g/mol. The molecule has 0 heterocycles. The molecule has 2 rings (SSSR count). The van der Waals surface area contributed by atoms with Crippen LogP contribution in [0.25, 0.3) is 0 Å². The van der Waals surface area contributed by atoms with Crippen LogP contribution in [0.5, 0.6) is 5.75 Å². The molecular formula is C20H31ClO4Si. The minimum atomic E-state index is -1.74. The summed E-state index contributed by atoms with van der Waals surface area (Å²) in [6, 6.07) is 5.07. The van der Waals surface area contributed by atoms with Crippen molar-refractivity contribution in [2.45, 2.75) is 76.8 Å². The molecule has 0 aliphatic heterocycles. The Hall–Kier alpha value is -1.04. The highest BCUT2D eigenvalue weighted by Crippen LogP contribution is 2.39. The zero-order valence-corrected chi connectivity index (χ0v) is 18.5. The normalized spacial score (nSPS) is 21.3. The molecule has 1 aromatic rings. The van der Waals surface area contributed by atoms with E-state index in [9.17, 15) is 4.79 Å². The molecule has 1 aromatic carbocycles. The minimum Gasteiger partial charge on any atom is -0.490 e. The third kappa shape index (κ3) is 5.24. The Labute approximate surface area is 163 Å². The van der Waals surface area contributed by atoms with Crippen LogP contribution in [0, 0.1) is 0 Å². The number of methoxy groups -OCH3 is 1. The summed E-state index contributed by atoms with van der Waals surface area (Å²) >= 11 is 6.00. The summed E-state index contributed by atoms with van der Waals surface area (Å²) in [4.78, 5) is 12.0. The Kier molecular flexibility index (Phi) is 6.80. The monoisotopic (exact) mass is 398 g/mol. The average molecular weight is 399 g/mol. The number of ether oxygens (including phenoxy) is 2. The van der Waals surface area contributed by atoms with Gasteiger partial charge in [-0.25, -0.2) is 4.79 Å². The maximum absolute atomic E-state index is 12.0. The van der Waals surface area contributed by atoms with Gasteiger partial charge in [0.15, 0.2) is 8.32 Å². The van der Waals surface area contributed by atoms with E-state index in [0.29, 0.717) is 22.4 Å². The van der Waals surface area contributed by atoms with E-state index in [2.05, 4.69) is 33.9 Å². The third-order valence-electron chi connectivity index (χ3n) is 5.53. The van der Waals surface area contributed by atoms with E-state index >= 15 is 0 Å². The van der Waals surface area contributed by atoms with E-state index in [-0.39, 0.29) is 11.1 Å². The van der Waals surface area contributed by atoms with Gasteiger partial charge in [-0.2, -0.15) is 0 Å². The summed E-state index contributed by atoms with van der Waals surface area (Å²) < 4.78 is 17.5. The molecule has 26 heavy (non-hydrogen) atoms. The summed E-state index contributed by atoms with van der Waals surface area (Å²) in [7, 11) is -0.383. The van der Waals surface area contributed by atoms with Gasteiger partial charge in [0.1, 0.15) is 11.3 Å². The molecule has 0 saturated heterocycles. The van der Waals surface area contributed by atoms with Crippen molar-refractivity contribution in [2.24, 2.45) is 0 Å². The van der Waals surface area contributed by atoms with Crippen molar-refractivity contribution in [3.8, 4) is 5.75 Å². The van der Waals surface area contributed by atoms with Crippen LogP contribution in [-0.2, 0) is 9.16 Å². The van der Waals surface area contributed by atoms with Gasteiger partial charge in [-0.05, 0) is 62.0 Å². The zero-order chi connectivity index (χ0) is 19.5. The molecule has 146 valence electrons. The second kappa shape index (κ2) is 8.32. The Balaban J connectivity index is 1.97. The second-order valence-corrected chi connectivity index (χ2v) is 13.7. The molecule has 0 N–H and O–H groups in total. The first-order valence-corrected chi connectivity index (χ1v) is 12.5. The summed E-state index contributed by atoms with van der Waals surface area (Å²) in [5, 5.41) is 0.711. The van der Waals surface area contributed by atoms with E-state index < -0.39 is 14.3 Å². The Morgan fingerprint density at radius 3 is 2.23 bits per heavy atom. The van der Waals surface area contributed by atoms with Gasteiger partial charge in [-0.15, -0.1) is 0 Å². The van der Waals surface area contributed by atoms with Gasteiger partial charge >= 0.3 is 5.97 Å². The molecule has 0 radical (unpaired) electrons. The molecule has 1 saturated carbocycles. The SMILES string of the molecule is COC(=O)c1cc(Cl)ccc1O[C@H]1CC[C@H](O[Si](C)(C)C(C)(C)C)CC1. The maximum Gasteiger partial charge on any atom is 0.341 e. The molecule has 0 amide bonds. The Morgan fingerprint density at radius 1 is 1.12 bits per heavy atom. The number of hydrogen-bond donors (Lipinski definition) is 0. The molecule has 4 nitrogen and oxygen atoms in total. The van der Waals surface area contributed by atoms with E-state index in [1.807, 2.05) is 0 Å². The summed E-state index contributed by atoms with van der Waals surface area (Å²) in [5.74, 6) is 0.104. The number of hydrogen-bond acceptors (Lipinski definition) is 4. The van der Waals surface area contributed by atoms with E-state index in [1.54, 1.807) is 18.2 Å². The fourth-order valence-corrected chi connectivity index (χ4v) is 4.51. The van der Waals surface area contributed by atoms with Crippen molar-refractivity contribution < 1.29 is 18.7 Å². The Morgan fingerprint density at radius 2 is 1.69 bits per heavy atom. The van der Waals surface area contributed by atoms with Crippen molar-refractivity contribution in [1.29, 1.82) is 0 Å². The van der Waals surface area contributed by atoms with Gasteiger partial charge in [-0.3, -0.25) is 0 Å². The van der Waals surface area contributed by atoms with Crippen molar-refractivity contribution in [1.82, 2.24) is 0 Å². The molecule has 1 aliphatic rings. The molecule has 1 aliphatic carbocycles. The van der Waals surface area contributed by atoms with Crippen LogP contribution in [0.15, 0.2) is 18.2 Å². The molecule has 6 heteroatoms.